The highest BCUT2D eigenvalue weighted by Gasteiger charge is 2.78. The molecule has 4 aliphatic carbocycles. The van der Waals surface area contributed by atoms with Crippen LogP contribution in [0.4, 0.5) is 0 Å². The van der Waals surface area contributed by atoms with E-state index >= 15 is 0 Å². The van der Waals surface area contributed by atoms with Gasteiger partial charge in [-0.15, -0.1) is 0 Å². The Labute approximate surface area is 206 Å². The van der Waals surface area contributed by atoms with E-state index in [-0.39, 0.29) is 48.3 Å². The van der Waals surface area contributed by atoms with Crippen LogP contribution in [0.3, 0.4) is 0 Å². The van der Waals surface area contributed by atoms with Crippen molar-refractivity contribution in [2.24, 2.45) is 34.5 Å². The van der Waals surface area contributed by atoms with Gasteiger partial charge in [0.05, 0.1) is 29.3 Å². The summed E-state index contributed by atoms with van der Waals surface area (Å²) >= 11 is 0. The number of hydrogen-bond donors (Lipinski definition) is 3. The Kier molecular flexibility index (Phi) is 4.95. The summed E-state index contributed by atoms with van der Waals surface area (Å²) < 4.78 is 11.9. The SMILES string of the molecule is CC1=C(CO)C(=O)O[C@H]([C@@H](C)[C@@]2(O)CC[C@H]3[C@@H]4[C@@H]5O[C@@H]5[C@@]5(O)CC=CC(=O)[C@]5(C)[C@H]4CC[C@@]32C)C1. The average molecular weight is 487 g/mol. The van der Waals surface area contributed by atoms with Gasteiger partial charge >= 0.3 is 5.97 Å². The maximum atomic E-state index is 13.3. The number of rotatable bonds is 3. The molecule has 4 fully saturated rings. The summed E-state index contributed by atoms with van der Waals surface area (Å²) in [6.45, 7) is 7.62. The molecule has 2 aliphatic heterocycles. The number of carbonyl (C=O) groups excluding carboxylic acids is 2. The Hall–Kier alpha value is -1.54. The molecular weight excluding hydrogens is 448 g/mol. The van der Waals surface area contributed by atoms with Crippen LogP contribution < -0.4 is 0 Å². The first-order valence-corrected chi connectivity index (χ1v) is 13.3. The fraction of sp³-hybridized carbons (Fsp3) is 0.786. The maximum absolute atomic E-state index is 13.3. The minimum atomic E-state index is -1.16. The largest absolute Gasteiger partial charge is 0.458 e. The number of aliphatic hydroxyl groups is 3. The topological polar surface area (TPSA) is 117 Å². The number of hydrogen-bond acceptors (Lipinski definition) is 7. The molecular formula is C28H38O7. The Morgan fingerprint density at radius 3 is 2.54 bits per heavy atom. The maximum Gasteiger partial charge on any atom is 0.336 e. The van der Waals surface area contributed by atoms with Crippen LogP contribution in [0.5, 0.6) is 0 Å². The second kappa shape index (κ2) is 7.27. The fourth-order valence-corrected chi connectivity index (χ4v) is 9.42. The molecule has 0 unspecified atom stereocenters. The molecule has 3 N–H and O–H groups in total. The molecule has 0 aromatic rings. The molecule has 0 aromatic carbocycles. The van der Waals surface area contributed by atoms with E-state index in [4.69, 9.17) is 9.47 Å². The van der Waals surface area contributed by atoms with Gasteiger partial charge in [-0.05, 0) is 75.2 Å². The van der Waals surface area contributed by atoms with Gasteiger partial charge in [-0.25, -0.2) is 4.79 Å². The molecule has 35 heavy (non-hydrogen) atoms. The number of ketones is 1. The van der Waals surface area contributed by atoms with E-state index in [1.807, 2.05) is 20.8 Å². The number of epoxide rings is 1. The molecule has 0 spiro atoms. The molecule has 6 aliphatic rings. The van der Waals surface area contributed by atoms with Crippen molar-refractivity contribution in [2.45, 2.75) is 95.7 Å². The smallest absolute Gasteiger partial charge is 0.336 e. The number of cyclic esters (lactones) is 1. The van der Waals surface area contributed by atoms with E-state index in [0.717, 1.165) is 24.8 Å². The summed E-state index contributed by atoms with van der Waals surface area (Å²) in [6, 6.07) is 0. The van der Waals surface area contributed by atoms with Gasteiger partial charge in [0.25, 0.3) is 0 Å². The zero-order valence-corrected chi connectivity index (χ0v) is 21.1. The Morgan fingerprint density at radius 1 is 1.14 bits per heavy atom. The monoisotopic (exact) mass is 486 g/mol. The first-order valence-electron chi connectivity index (χ1n) is 13.3. The van der Waals surface area contributed by atoms with E-state index in [9.17, 15) is 24.9 Å². The van der Waals surface area contributed by atoms with Crippen LogP contribution in [-0.2, 0) is 19.1 Å². The Morgan fingerprint density at radius 2 is 1.86 bits per heavy atom. The van der Waals surface area contributed by atoms with Crippen LogP contribution >= 0.6 is 0 Å². The number of carbonyl (C=O) groups is 2. The first-order chi connectivity index (χ1) is 16.4. The van der Waals surface area contributed by atoms with Gasteiger partial charge in [-0.2, -0.15) is 0 Å². The highest BCUT2D eigenvalue weighted by atomic mass is 16.6. The van der Waals surface area contributed by atoms with Gasteiger partial charge < -0.3 is 24.8 Å². The molecule has 6 rings (SSSR count). The Bertz CT molecular complexity index is 1050. The number of fused-ring (bicyclic) bond motifs is 8. The zero-order valence-electron chi connectivity index (χ0n) is 21.1. The van der Waals surface area contributed by atoms with Crippen molar-refractivity contribution >= 4 is 11.8 Å². The quantitative estimate of drug-likeness (QED) is 0.414. The Balaban J connectivity index is 1.32. The molecule has 11 atom stereocenters. The van der Waals surface area contributed by atoms with Gasteiger partial charge in [0.15, 0.2) is 5.78 Å². The van der Waals surface area contributed by atoms with Crippen LogP contribution in [-0.4, -0.2) is 63.2 Å². The van der Waals surface area contributed by atoms with Crippen LogP contribution in [0.1, 0.15) is 66.2 Å². The number of esters is 1. The molecule has 7 nitrogen and oxygen atoms in total. The lowest BCUT2D eigenvalue weighted by Gasteiger charge is -2.61. The average Bonchev–Trinajstić information content (AvgIpc) is 3.56. The van der Waals surface area contributed by atoms with E-state index in [1.165, 1.54) is 0 Å². The summed E-state index contributed by atoms with van der Waals surface area (Å²) in [6.07, 6.45) is 6.45. The third-order valence-electron chi connectivity index (χ3n) is 11.8. The van der Waals surface area contributed by atoms with Crippen molar-refractivity contribution in [3.05, 3.63) is 23.3 Å². The molecule has 1 saturated heterocycles. The van der Waals surface area contributed by atoms with E-state index in [1.54, 1.807) is 12.2 Å². The molecule has 3 saturated carbocycles. The van der Waals surface area contributed by atoms with Gasteiger partial charge in [0, 0.05) is 12.3 Å². The van der Waals surface area contributed by atoms with Crippen molar-refractivity contribution in [1.82, 2.24) is 0 Å². The van der Waals surface area contributed by atoms with Gasteiger partial charge in [0.1, 0.15) is 17.8 Å². The lowest BCUT2D eigenvalue weighted by atomic mass is 9.43. The summed E-state index contributed by atoms with van der Waals surface area (Å²) in [4.78, 5) is 25.8. The summed E-state index contributed by atoms with van der Waals surface area (Å²) in [5.41, 5.74) is -2.33. The van der Waals surface area contributed by atoms with Crippen molar-refractivity contribution in [2.75, 3.05) is 6.61 Å². The van der Waals surface area contributed by atoms with Crippen LogP contribution in [0, 0.1) is 34.5 Å². The molecule has 0 radical (unpaired) electrons. The molecule has 192 valence electrons. The van der Waals surface area contributed by atoms with Crippen LogP contribution in [0.15, 0.2) is 23.3 Å². The third kappa shape index (κ3) is 2.71. The van der Waals surface area contributed by atoms with Crippen molar-refractivity contribution in [3.8, 4) is 0 Å². The highest BCUT2D eigenvalue weighted by Crippen LogP contribution is 2.72. The molecule has 0 aromatic heterocycles. The minimum Gasteiger partial charge on any atom is -0.458 e. The molecule has 0 amide bonds. The van der Waals surface area contributed by atoms with E-state index < -0.39 is 34.1 Å². The zero-order chi connectivity index (χ0) is 25.1. The van der Waals surface area contributed by atoms with Crippen molar-refractivity contribution in [3.63, 3.8) is 0 Å². The minimum absolute atomic E-state index is 0.00324. The van der Waals surface area contributed by atoms with Crippen LogP contribution in [0.2, 0.25) is 0 Å². The predicted octanol–water partition coefficient (Wildman–Crippen LogP) is 2.47. The lowest BCUT2D eigenvalue weighted by Crippen LogP contribution is -2.68. The number of allylic oxidation sites excluding steroid dienone is 1. The number of ether oxygens (including phenoxy) is 2. The number of aliphatic hydroxyl groups excluding tert-OH is 1. The highest BCUT2D eigenvalue weighted by molar-refractivity contribution is 5.97. The second-order valence-electron chi connectivity index (χ2n) is 12.7. The van der Waals surface area contributed by atoms with Crippen molar-refractivity contribution < 1.29 is 34.4 Å². The van der Waals surface area contributed by atoms with Gasteiger partial charge in [0.2, 0.25) is 0 Å². The first kappa shape index (κ1) is 23.8. The second-order valence-corrected chi connectivity index (χ2v) is 12.7. The summed E-state index contributed by atoms with van der Waals surface area (Å²) in [7, 11) is 0. The molecule has 2 heterocycles. The van der Waals surface area contributed by atoms with Crippen molar-refractivity contribution in [1.29, 1.82) is 0 Å². The predicted molar refractivity (Wildman–Crippen MR) is 126 cm³/mol. The van der Waals surface area contributed by atoms with Crippen LogP contribution in [0.25, 0.3) is 0 Å². The summed E-state index contributed by atoms with van der Waals surface area (Å²) in [5.74, 6) is -0.493. The summed E-state index contributed by atoms with van der Waals surface area (Å²) in [5, 5.41) is 33.6. The third-order valence-corrected chi connectivity index (χ3v) is 11.8. The molecule has 0 bridgehead atoms. The molecule has 7 heteroatoms. The van der Waals surface area contributed by atoms with Gasteiger partial charge in [-0.1, -0.05) is 25.5 Å². The standard InChI is InChI=1S/C28H38O7/c1-14-12-19(34-24(31)16(14)13-29)15(2)27(32)11-8-17-21-18(7-10-25(17,27)3)26(4)20(30)6-5-9-28(26,33)23-22(21)35-23/h5-6,15,17-19,21-23,29,32-33H,7-13H2,1-4H3/t15-,17+,18+,19+,21+,22+,23+,25+,26+,27+,28+/m1/s1. The van der Waals surface area contributed by atoms with Gasteiger partial charge in [-0.3, -0.25) is 4.79 Å². The lowest BCUT2D eigenvalue weighted by molar-refractivity contribution is -0.202. The van der Waals surface area contributed by atoms with E-state index in [0.29, 0.717) is 24.8 Å². The van der Waals surface area contributed by atoms with E-state index in [2.05, 4.69) is 6.92 Å². The fourth-order valence-electron chi connectivity index (χ4n) is 9.42. The normalized spacial score (nSPS) is 53.3.